The van der Waals surface area contributed by atoms with Gasteiger partial charge in [0, 0.05) is 18.4 Å². The molecule has 2 N–H and O–H groups in total. The number of hydrogen-bond donors (Lipinski definition) is 1. The molecule has 2 rings (SSSR count). The third-order valence-corrected chi connectivity index (χ3v) is 3.55. The normalized spacial score (nSPS) is 10.7. The maximum absolute atomic E-state index is 5.85. The molecular formula is C18H24N2O. The number of nitrogen functional groups attached to an aromatic ring is 1. The highest BCUT2D eigenvalue weighted by atomic mass is 16.5. The maximum Gasteiger partial charge on any atom is 0.119 e. The predicted octanol–water partition coefficient (Wildman–Crippen LogP) is 3.91. The summed E-state index contributed by atoms with van der Waals surface area (Å²) in [5.74, 6) is 1.46. The lowest BCUT2D eigenvalue weighted by Crippen LogP contribution is -2.23. The van der Waals surface area contributed by atoms with Crippen molar-refractivity contribution in [3.63, 3.8) is 0 Å². The van der Waals surface area contributed by atoms with E-state index in [1.54, 1.807) is 0 Å². The molecule has 2 aromatic rings. The molecule has 0 radical (unpaired) electrons. The number of anilines is 2. The third-order valence-electron chi connectivity index (χ3n) is 3.55. The zero-order valence-corrected chi connectivity index (χ0v) is 13.0. The average molecular weight is 284 g/mol. The summed E-state index contributed by atoms with van der Waals surface area (Å²) in [6, 6.07) is 16.2. The van der Waals surface area contributed by atoms with Gasteiger partial charge in [-0.15, -0.1) is 0 Å². The second-order valence-electron chi connectivity index (χ2n) is 5.59. The Hall–Kier alpha value is -2.16. The number of benzene rings is 2. The van der Waals surface area contributed by atoms with E-state index in [-0.39, 0.29) is 0 Å². The van der Waals surface area contributed by atoms with Crippen LogP contribution in [0, 0.1) is 0 Å². The molecule has 0 aliphatic carbocycles. The zero-order valence-electron chi connectivity index (χ0n) is 13.0. The standard InChI is InChI=1S/C18H24N2O/c1-14(2)15-5-4-6-18(13-15)21-12-11-20(3)17-9-7-16(19)8-10-17/h4-10,13-14H,11-12,19H2,1-3H3. The van der Waals surface area contributed by atoms with E-state index in [9.17, 15) is 0 Å². The van der Waals surface area contributed by atoms with Gasteiger partial charge in [0.15, 0.2) is 0 Å². The zero-order chi connectivity index (χ0) is 15.2. The van der Waals surface area contributed by atoms with Gasteiger partial charge in [0.25, 0.3) is 0 Å². The Labute approximate surface area is 127 Å². The predicted molar refractivity (Wildman–Crippen MR) is 90.2 cm³/mol. The minimum atomic E-state index is 0.519. The molecule has 0 heterocycles. The summed E-state index contributed by atoms with van der Waals surface area (Å²) in [5.41, 5.74) is 8.93. The lowest BCUT2D eigenvalue weighted by molar-refractivity contribution is 0.325. The first-order valence-electron chi connectivity index (χ1n) is 7.35. The highest BCUT2D eigenvalue weighted by Crippen LogP contribution is 2.20. The van der Waals surface area contributed by atoms with E-state index < -0.39 is 0 Å². The Morgan fingerprint density at radius 3 is 2.48 bits per heavy atom. The quantitative estimate of drug-likeness (QED) is 0.817. The van der Waals surface area contributed by atoms with Gasteiger partial charge in [-0.05, 0) is 47.9 Å². The van der Waals surface area contributed by atoms with Crippen LogP contribution in [0.5, 0.6) is 5.75 Å². The van der Waals surface area contributed by atoms with Crippen molar-refractivity contribution in [2.45, 2.75) is 19.8 Å². The lowest BCUT2D eigenvalue weighted by atomic mass is 10.0. The molecule has 0 unspecified atom stereocenters. The number of likely N-dealkylation sites (N-methyl/N-ethyl adjacent to an activating group) is 1. The van der Waals surface area contributed by atoms with Gasteiger partial charge in [-0.1, -0.05) is 26.0 Å². The van der Waals surface area contributed by atoms with Crippen LogP contribution in [0.1, 0.15) is 25.3 Å². The molecule has 3 heteroatoms. The van der Waals surface area contributed by atoms with Crippen LogP contribution in [0.3, 0.4) is 0 Å². The van der Waals surface area contributed by atoms with Gasteiger partial charge >= 0.3 is 0 Å². The van der Waals surface area contributed by atoms with E-state index in [0.29, 0.717) is 12.5 Å². The third kappa shape index (κ3) is 4.42. The van der Waals surface area contributed by atoms with Crippen molar-refractivity contribution < 1.29 is 4.74 Å². The molecule has 0 saturated heterocycles. The summed E-state index contributed by atoms with van der Waals surface area (Å²) in [6.07, 6.45) is 0. The van der Waals surface area contributed by atoms with Gasteiger partial charge in [-0.2, -0.15) is 0 Å². The molecule has 0 aliphatic rings. The van der Waals surface area contributed by atoms with E-state index in [1.165, 1.54) is 5.56 Å². The summed E-state index contributed by atoms with van der Waals surface area (Å²) in [6.45, 7) is 5.86. The molecule has 0 spiro atoms. The van der Waals surface area contributed by atoms with E-state index in [0.717, 1.165) is 23.7 Å². The van der Waals surface area contributed by atoms with Crippen LogP contribution >= 0.6 is 0 Å². The van der Waals surface area contributed by atoms with E-state index in [4.69, 9.17) is 10.5 Å². The molecule has 112 valence electrons. The molecule has 0 saturated carbocycles. The van der Waals surface area contributed by atoms with Crippen LogP contribution < -0.4 is 15.4 Å². The van der Waals surface area contributed by atoms with Gasteiger partial charge in [0.05, 0.1) is 6.54 Å². The summed E-state index contributed by atoms with van der Waals surface area (Å²) in [7, 11) is 2.05. The second kappa shape index (κ2) is 7.02. The van der Waals surface area contributed by atoms with Crippen molar-refractivity contribution in [2.75, 3.05) is 30.8 Å². The molecule has 3 nitrogen and oxygen atoms in total. The average Bonchev–Trinajstić information content (AvgIpc) is 2.48. The highest BCUT2D eigenvalue weighted by molar-refractivity contribution is 5.52. The van der Waals surface area contributed by atoms with E-state index in [2.05, 4.69) is 37.9 Å². The van der Waals surface area contributed by atoms with Crippen LogP contribution in [0.4, 0.5) is 11.4 Å². The van der Waals surface area contributed by atoms with Crippen molar-refractivity contribution in [3.8, 4) is 5.75 Å². The van der Waals surface area contributed by atoms with E-state index >= 15 is 0 Å². The maximum atomic E-state index is 5.85. The molecule has 0 bridgehead atoms. The summed E-state index contributed by atoms with van der Waals surface area (Å²) in [5, 5.41) is 0. The molecule has 0 amide bonds. The topological polar surface area (TPSA) is 38.5 Å². The number of ether oxygens (including phenoxy) is 1. The molecule has 0 fully saturated rings. The van der Waals surface area contributed by atoms with Crippen LogP contribution in [0.25, 0.3) is 0 Å². The largest absolute Gasteiger partial charge is 0.492 e. The Bertz CT molecular complexity index is 564. The number of nitrogens with zero attached hydrogens (tertiary/aromatic N) is 1. The Morgan fingerprint density at radius 1 is 1.10 bits per heavy atom. The van der Waals surface area contributed by atoms with Crippen molar-refractivity contribution in [3.05, 3.63) is 54.1 Å². The van der Waals surface area contributed by atoms with Crippen molar-refractivity contribution >= 4 is 11.4 Å². The molecule has 0 aliphatic heterocycles. The van der Waals surface area contributed by atoms with Gasteiger partial charge in [-0.3, -0.25) is 0 Å². The SMILES string of the molecule is CC(C)c1cccc(OCCN(C)c2ccc(N)cc2)c1. The Balaban J connectivity index is 1.86. The summed E-state index contributed by atoms with van der Waals surface area (Å²) in [4.78, 5) is 2.16. The van der Waals surface area contributed by atoms with Crippen molar-refractivity contribution in [1.29, 1.82) is 0 Å². The molecular weight excluding hydrogens is 260 g/mol. The smallest absolute Gasteiger partial charge is 0.119 e. The molecule has 21 heavy (non-hydrogen) atoms. The van der Waals surface area contributed by atoms with Crippen LogP contribution in [-0.2, 0) is 0 Å². The summed E-state index contributed by atoms with van der Waals surface area (Å²) < 4.78 is 5.85. The molecule has 0 atom stereocenters. The number of rotatable bonds is 6. The van der Waals surface area contributed by atoms with E-state index in [1.807, 2.05) is 36.4 Å². The second-order valence-corrected chi connectivity index (χ2v) is 5.59. The van der Waals surface area contributed by atoms with Crippen LogP contribution in [0.15, 0.2) is 48.5 Å². The summed E-state index contributed by atoms with van der Waals surface area (Å²) >= 11 is 0. The van der Waals surface area contributed by atoms with Gasteiger partial charge in [0.2, 0.25) is 0 Å². The molecule has 2 aromatic carbocycles. The monoisotopic (exact) mass is 284 g/mol. The van der Waals surface area contributed by atoms with Gasteiger partial charge in [-0.25, -0.2) is 0 Å². The Kier molecular flexibility index (Phi) is 5.09. The number of hydrogen-bond acceptors (Lipinski definition) is 3. The van der Waals surface area contributed by atoms with Crippen LogP contribution in [0.2, 0.25) is 0 Å². The minimum Gasteiger partial charge on any atom is -0.492 e. The van der Waals surface area contributed by atoms with Crippen molar-refractivity contribution in [2.24, 2.45) is 0 Å². The van der Waals surface area contributed by atoms with Gasteiger partial charge in [0.1, 0.15) is 12.4 Å². The van der Waals surface area contributed by atoms with Crippen LogP contribution in [-0.4, -0.2) is 20.2 Å². The van der Waals surface area contributed by atoms with Gasteiger partial charge < -0.3 is 15.4 Å². The lowest BCUT2D eigenvalue weighted by Gasteiger charge is -2.19. The Morgan fingerprint density at radius 2 is 1.81 bits per heavy atom. The van der Waals surface area contributed by atoms with Crippen molar-refractivity contribution in [1.82, 2.24) is 0 Å². The fourth-order valence-corrected chi connectivity index (χ4v) is 2.12. The first-order chi connectivity index (χ1) is 10.1. The first-order valence-corrected chi connectivity index (χ1v) is 7.35. The minimum absolute atomic E-state index is 0.519. The molecule has 0 aromatic heterocycles. The fourth-order valence-electron chi connectivity index (χ4n) is 2.12. The number of nitrogens with two attached hydrogens (primary N) is 1. The highest BCUT2D eigenvalue weighted by Gasteiger charge is 2.03. The first kappa shape index (κ1) is 15.2. The fraction of sp³-hybridized carbons (Fsp3) is 0.333.